The number of nitrogens with zero attached hydrogens (tertiary/aromatic N) is 5. The second kappa shape index (κ2) is 8.00. The summed E-state index contributed by atoms with van der Waals surface area (Å²) in [5.41, 5.74) is 0.951. The molecule has 0 aliphatic carbocycles. The summed E-state index contributed by atoms with van der Waals surface area (Å²) in [7, 11) is 0. The minimum atomic E-state index is -0.461. The van der Waals surface area contributed by atoms with Gasteiger partial charge in [0.1, 0.15) is 0 Å². The van der Waals surface area contributed by atoms with Crippen LogP contribution < -0.4 is 5.32 Å². The number of benzene rings is 1. The second-order valence-corrected chi connectivity index (χ2v) is 7.23. The topological polar surface area (TPSA) is 114 Å². The first-order valence-electron chi connectivity index (χ1n) is 9.63. The molecule has 10 heteroatoms. The van der Waals surface area contributed by atoms with Gasteiger partial charge in [0.05, 0.1) is 17.2 Å². The smallest absolute Gasteiger partial charge is 0.274 e. The number of carbonyl (C=O) groups is 2. The van der Waals surface area contributed by atoms with Crippen molar-refractivity contribution in [2.45, 2.75) is 18.9 Å². The number of nitro groups is 1. The fourth-order valence-electron chi connectivity index (χ4n) is 3.87. The van der Waals surface area contributed by atoms with Gasteiger partial charge in [0, 0.05) is 50.6 Å². The molecule has 0 radical (unpaired) electrons. The van der Waals surface area contributed by atoms with Gasteiger partial charge in [-0.3, -0.25) is 19.7 Å². The zero-order valence-electron chi connectivity index (χ0n) is 15.9. The largest absolute Gasteiger partial charge is 0.336 e. The van der Waals surface area contributed by atoms with E-state index >= 15 is 0 Å². The van der Waals surface area contributed by atoms with Crippen molar-refractivity contribution in [3.63, 3.8) is 0 Å². The third kappa shape index (κ3) is 3.97. The monoisotopic (exact) mass is 398 g/mol. The highest BCUT2D eigenvalue weighted by atomic mass is 16.6. The Bertz CT molecular complexity index is 925. The third-order valence-corrected chi connectivity index (χ3v) is 5.38. The van der Waals surface area contributed by atoms with E-state index in [0.717, 1.165) is 19.4 Å². The molecule has 1 atom stereocenters. The first-order chi connectivity index (χ1) is 14.0. The van der Waals surface area contributed by atoms with Crippen LogP contribution in [0.4, 0.5) is 5.69 Å². The minimum absolute atomic E-state index is 0.000903. The van der Waals surface area contributed by atoms with Crippen molar-refractivity contribution in [2.75, 3.05) is 32.7 Å². The van der Waals surface area contributed by atoms with Gasteiger partial charge in [-0.2, -0.15) is 5.10 Å². The van der Waals surface area contributed by atoms with Crippen LogP contribution in [0.3, 0.4) is 0 Å². The molecule has 2 aromatic rings. The Labute approximate surface area is 167 Å². The van der Waals surface area contributed by atoms with E-state index in [-0.39, 0.29) is 23.5 Å². The Morgan fingerprint density at radius 2 is 2.00 bits per heavy atom. The maximum atomic E-state index is 12.9. The molecule has 152 valence electrons. The van der Waals surface area contributed by atoms with Gasteiger partial charge in [-0.25, -0.2) is 4.68 Å². The van der Waals surface area contributed by atoms with Gasteiger partial charge < -0.3 is 15.1 Å². The fraction of sp³-hybridized carbons (Fsp3) is 0.421. The fourth-order valence-corrected chi connectivity index (χ4v) is 3.87. The molecule has 2 aliphatic heterocycles. The maximum Gasteiger partial charge on any atom is 0.274 e. The lowest BCUT2D eigenvalue weighted by Gasteiger charge is -2.40. The number of rotatable bonds is 4. The van der Waals surface area contributed by atoms with Crippen LogP contribution >= 0.6 is 0 Å². The average molecular weight is 398 g/mol. The molecule has 1 aromatic heterocycles. The first-order valence-corrected chi connectivity index (χ1v) is 9.63. The number of carbonyl (C=O) groups excluding carboxylic acids is 2. The molecule has 0 spiro atoms. The number of hydrogen-bond donors (Lipinski definition) is 1. The summed E-state index contributed by atoms with van der Waals surface area (Å²) in [6, 6.07) is 7.66. The molecular formula is C19H22N6O4. The number of piperazine rings is 1. The summed E-state index contributed by atoms with van der Waals surface area (Å²) >= 11 is 0. The lowest BCUT2D eigenvalue weighted by molar-refractivity contribution is -0.384. The number of hydrogen-bond acceptors (Lipinski definition) is 6. The van der Waals surface area contributed by atoms with Gasteiger partial charge in [-0.05, 0) is 31.0 Å². The molecule has 4 rings (SSSR count). The van der Waals surface area contributed by atoms with E-state index in [9.17, 15) is 19.7 Å². The molecule has 1 unspecified atom stereocenters. The number of piperidine rings is 1. The van der Waals surface area contributed by atoms with Crippen molar-refractivity contribution in [2.24, 2.45) is 0 Å². The third-order valence-electron chi connectivity index (χ3n) is 5.38. The maximum absolute atomic E-state index is 12.9. The van der Waals surface area contributed by atoms with Crippen LogP contribution in [-0.2, 0) is 4.79 Å². The summed E-state index contributed by atoms with van der Waals surface area (Å²) in [5, 5.41) is 18.2. The standard InChI is InChI=1S/C19H22N6O4/c26-18-12-20-8-11-23(18)16-2-1-9-22(13-16)19(27)17-7-10-24(21-17)14-3-5-15(6-4-14)25(28)29/h3-7,10,16,20H,1-2,8-9,11-13H2. The van der Waals surface area contributed by atoms with Crippen molar-refractivity contribution in [1.29, 1.82) is 0 Å². The van der Waals surface area contributed by atoms with E-state index in [4.69, 9.17) is 0 Å². The first kappa shape index (κ1) is 19.1. The van der Waals surface area contributed by atoms with Gasteiger partial charge in [-0.15, -0.1) is 0 Å². The Balaban J connectivity index is 1.45. The van der Waals surface area contributed by atoms with Crippen molar-refractivity contribution in [3.8, 4) is 5.69 Å². The van der Waals surface area contributed by atoms with Gasteiger partial charge in [-0.1, -0.05) is 0 Å². The van der Waals surface area contributed by atoms with Gasteiger partial charge >= 0.3 is 0 Å². The van der Waals surface area contributed by atoms with Crippen molar-refractivity contribution in [1.82, 2.24) is 24.9 Å². The van der Waals surface area contributed by atoms with Crippen LogP contribution in [0.5, 0.6) is 0 Å². The molecule has 10 nitrogen and oxygen atoms in total. The van der Waals surface area contributed by atoms with Gasteiger partial charge in [0.15, 0.2) is 5.69 Å². The summed E-state index contributed by atoms with van der Waals surface area (Å²) in [4.78, 5) is 39.1. The molecule has 2 saturated heterocycles. The Morgan fingerprint density at radius 3 is 2.72 bits per heavy atom. The highest BCUT2D eigenvalue weighted by Crippen LogP contribution is 2.20. The molecule has 0 saturated carbocycles. The Morgan fingerprint density at radius 1 is 1.21 bits per heavy atom. The number of likely N-dealkylation sites (tertiary alicyclic amines) is 1. The molecule has 3 heterocycles. The molecular weight excluding hydrogens is 376 g/mol. The van der Waals surface area contributed by atoms with Crippen LogP contribution in [0.25, 0.3) is 5.69 Å². The predicted octanol–water partition coefficient (Wildman–Crippen LogP) is 0.817. The van der Waals surface area contributed by atoms with Crippen LogP contribution in [0.2, 0.25) is 0 Å². The number of nitrogens with one attached hydrogen (secondary N) is 1. The lowest BCUT2D eigenvalue weighted by Crippen LogP contribution is -2.57. The van der Waals surface area contributed by atoms with Crippen LogP contribution in [0.15, 0.2) is 36.5 Å². The quantitative estimate of drug-likeness (QED) is 0.602. The second-order valence-electron chi connectivity index (χ2n) is 7.23. The summed E-state index contributed by atoms with van der Waals surface area (Å²) in [5.74, 6) is -0.0871. The zero-order chi connectivity index (χ0) is 20.4. The number of aromatic nitrogens is 2. The van der Waals surface area contributed by atoms with Gasteiger partial charge in [0.25, 0.3) is 11.6 Å². The number of non-ortho nitro benzene ring substituents is 1. The van der Waals surface area contributed by atoms with Crippen molar-refractivity contribution < 1.29 is 14.5 Å². The highest BCUT2D eigenvalue weighted by molar-refractivity contribution is 5.92. The molecule has 2 aliphatic rings. The Kier molecular flexibility index (Phi) is 5.26. The molecule has 2 amide bonds. The highest BCUT2D eigenvalue weighted by Gasteiger charge is 2.32. The minimum Gasteiger partial charge on any atom is -0.336 e. The molecule has 2 fully saturated rings. The van der Waals surface area contributed by atoms with Gasteiger partial charge in [0.2, 0.25) is 5.91 Å². The van der Waals surface area contributed by atoms with E-state index in [2.05, 4.69) is 10.4 Å². The van der Waals surface area contributed by atoms with Crippen molar-refractivity contribution >= 4 is 17.5 Å². The zero-order valence-corrected chi connectivity index (χ0v) is 15.9. The SMILES string of the molecule is O=C(c1ccn(-c2ccc([N+](=O)[O-])cc2)n1)N1CCCC(N2CCNCC2=O)C1. The Hall–Kier alpha value is -3.27. The summed E-state index contributed by atoms with van der Waals surface area (Å²) < 4.78 is 1.53. The molecule has 29 heavy (non-hydrogen) atoms. The van der Waals surface area contributed by atoms with E-state index in [0.29, 0.717) is 37.6 Å². The number of amides is 2. The van der Waals surface area contributed by atoms with Crippen LogP contribution in [0, 0.1) is 10.1 Å². The average Bonchev–Trinajstić information content (AvgIpc) is 3.24. The molecule has 1 aromatic carbocycles. The summed E-state index contributed by atoms with van der Waals surface area (Å²) in [6.45, 7) is 2.94. The normalized spacial score (nSPS) is 20.0. The van der Waals surface area contributed by atoms with E-state index in [1.54, 1.807) is 29.3 Å². The van der Waals surface area contributed by atoms with E-state index < -0.39 is 4.92 Å². The van der Waals surface area contributed by atoms with Crippen molar-refractivity contribution in [3.05, 3.63) is 52.3 Å². The summed E-state index contributed by atoms with van der Waals surface area (Å²) in [6.07, 6.45) is 3.40. The molecule has 1 N–H and O–H groups in total. The van der Waals surface area contributed by atoms with E-state index in [1.807, 2.05) is 4.90 Å². The van der Waals surface area contributed by atoms with E-state index in [1.165, 1.54) is 16.8 Å². The number of nitro benzene ring substituents is 1. The van der Waals surface area contributed by atoms with Crippen LogP contribution in [-0.4, -0.2) is 75.1 Å². The molecule has 0 bridgehead atoms. The predicted molar refractivity (Wildman–Crippen MR) is 104 cm³/mol. The lowest BCUT2D eigenvalue weighted by atomic mass is 10.0. The van der Waals surface area contributed by atoms with Crippen LogP contribution in [0.1, 0.15) is 23.3 Å².